The van der Waals surface area contributed by atoms with Crippen LogP contribution in [0, 0.1) is 0 Å². The lowest BCUT2D eigenvalue weighted by atomic mass is 10.1. The molecule has 0 fully saturated rings. The first-order valence-electron chi connectivity index (χ1n) is 7.74. The minimum Gasteiger partial charge on any atom is -0.336 e. The van der Waals surface area contributed by atoms with Crippen molar-refractivity contribution in [3.8, 4) is 0 Å². The molecule has 24 heavy (non-hydrogen) atoms. The van der Waals surface area contributed by atoms with Crippen LogP contribution in [-0.4, -0.2) is 34.7 Å². The summed E-state index contributed by atoms with van der Waals surface area (Å²) in [5.74, 6) is 0.123. The van der Waals surface area contributed by atoms with E-state index in [0.717, 1.165) is 14.3 Å². The van der Waals surface area contributed by atoms with E-state index in [1.165, 1.54) is 21.4 Å². The highest BCUT2D eigenvalue weighted by atomic mass is 32.2. The number of carbonyl (C=O) groups is 1. The summed E-state index contributed by atoms with van der Waals surface area (Å²) in [4.78, 5) is 17.1. The molecule has 3 nitrogen and oxygen atoms in total. The van der Waals surface area contributed by atoms with Gasteiger partial charge in [-0.25, -0.2) is 4.79 Å². The van der Waals surface area contributed by atoms with Gasteiger partial charge in [-0.05, 0) is 24.6 Å². The number of hydrogen-bond acceptors (Lipinski definition) is 5. The number of fused-ring (bicyclic) bond motifs is 3. The highest BCUT2D eigenvalue weighted by molar-refractivity contribution is 8.40. The van der Waals surface area contributed by atoms with Gasteiger partial charge in [-0.15, -0.1) is 4.58 Å². The topological polar surface area (TPSA) is 23.3 Å². The molecular weight excluding hydrogens is 356 g/mol. The number of hydrogen-bond donors (Lipinski definition) is 0. The number of amides is 1. The molecule has 122 valence electrons. The van der Waals surface area contributed by atoms with Crippen LogP contribution in [-0.2, 0) is 4.79 Å². The van der Waals surface area contributed by atoms with Crippen molar-refractivity contribution in [1.29, 1.82) is 0 Å². The summed E-state index contributed by atoms with van der Waals surface area (Å²) in [5, 5.41) is 3.50. The zero-order valence-electron chi connectivity index (χ0n) is 13.7. The van der Waals surface area contributed by atoms with Gasteiger partial charge in [0.15, 0.2) is 11.4 Å². The van der Waals surface area contributed by atoms with E-state index in [1.54, 1.807) is 35.3 Å². The fraction of sp³-hybridized carbons (Fsp3) is 0.222. The third-order valence-corrected chi connectivity index (χ3v) is 7.88. The molecule has 0 aromatic heterocycles. The Kier molecular flexibility index (Phi) is 4.14. The number of likely N-dealkylation sites (N-methyl/N-ethyl adjacent to an activating group) is 1. The van der Waals surface area contributed by atoms with E-state index in [2.05, 4.69) is 48.3 Å². The second kappa shape index (κ2) is 6.17. The number of thioether (sulfide) groups is 3. The van der Waals surface area contributed by atoms with Crippen LogP contribution in [0.4, 0.5) is 5.69 Å². The number of nitrogens with zero attached hydrogens (tertiary/aromatic N) is 2. The zero-order chi connectivity index (χ0) is 16.8. The van der Waals surface area contributed by atoms with Gasteiger partial charge in [0.25, 0.3) is 4.38 Å². The predicted molar refractivity (Wildman–Crippen MR) is 107 cm³/mol. The monoisotopic (exact) mass is 373 g/mol. The Hall–Kier alpha value is -1.37. The zero-order valence-corrected chi connectivity index (χ0v) is 16.1. The molecule has 0 saturated carbocycles. The Morgan fingerprint density at radius 1 is 1.17 bits per heavy atom. The highest BCUT2D eigenvalue weighted by Gasteiger charge is 2.42. The van der Waals surface area contributed by atoms with E-state index in [0.29, 0.717) is 6.54 Å². The molecule has 2 aliphatic rings. The van der Waals surface area contributed by atoms with Crippen molar-refractivity contribution in [2.45, 2.75) is 11.8 Å². The van der Waals surface area contributed by atoms with Gasteiger partial charge in [0.1, 0.15) is 5.03 Å². The maximum Gasteiger partial charge on any atom is 0.430 e. The lowest BCUT2D eigenvalue weighted by Gasteiger charge is -2.16. The first-order chi connectivity index (χ1) is 11.7. The smallest absolute Gasteiger partial charge is 0.336 e. The highest BCUT2D eigenvalue weighted by Crippen LogP contribution is 2.52. The van der Waals surface area contributed by atoms with Crippen molar-refractivity contribution >= 4 is 62.0 Å². The normalized spacial score (nSPS) is 20.5. The van der Waals surface area contributed by atoms with Gasteiger partial charge in [-0.2, -0.15) is 0 Å². The standard InChI is InChI=1S/C18H17N2OS3/c1-4-20-16(21)15(24-18(20)22-3)17-19(2)14-12-8-6-5-7-11(12)9-10-13(14)23-17/h5-10H,4H2,1-3H3/q+1/b17-15+. The molecule has 2 heterocycles. The fourth-order valence-electron chi connectivity index (χ4n) is 3.09. The number of benzene rings is 2. The van der Waals surface area contributed by atoms with Crippen LogP contribution in [0.25, 0.3) is 10.8 Å². The summed E-state index contributed by atoms with van der Waals surface area (Å²) < 4.78 is 2.94. The Morgan fingerprint density at radius 3 is 2.67 bits per heavy atom. The Labute approximate surface area is 154 Å². The van der Waals surface area contributed by atoms with Gasteiger partial charge in [-0.1, -0.05) is 53.9 Å². The van der Waals surface area contributed by atoms with Crippen molar-refractivity contribution in [3.05, 3.63) is 46.3 Å². The third kappa shape index (κ3) is 2.31. The molecule has 1 amide bonds. The van der Waals surface area contributed by atoms with E-state index >= 15 is 0 Å². The molecule has 0 atom stereocenters. The lowest BCUT2D eigenvalue weighted by molar-refractivity contribution is -0.433. The average molecular weight is 374 g/mol. The van der Waals surface area contributed by atoms with Crippen molar-refractivity contribution in [2.24, 2.45) is 0 Å². The molecule has 0 N–H and O–H groups in total. The SMILES string of the molecule is CC[N+]1=C(SC)S/C(=C2/Sc3ccc4ccccc4c3N2C)C1=O. The van der Waals surface area contributed by atoms with Crippen LogP contribution in [0.15, 0.2) is 51.2 Å². The summed E-state index contributed by atoms with van der Waals surface area (Å²) in [6, 6.07) is 12.7. The Morgan fingerprint density at radius 2 is 1.96 bits per heavy atom. The summed E-state index contributed by atoms with van der Waals surface area (Å²) >= 11 is 4.94. The van der Waals surface area contributed by atoms with Crippen molar-refractivity contribution in [3.63, 3.8) is 0 Å². The summed E-state index contributed by atoms with van der Waals surface area (Å²) in [7, 11) is 2.06. The van der Waals surface area contributed by atoms with Gasteiger partial charge >= 0.3 is 5.91 Å². The van der Waals surface area contributed by atoms with Crippen LogP contribution < -0.4 is 4.90 Å². The maximum absolute atomic E-state index is 12.8. The molecule has 0 saturated heterocycles. The van der Waals surface area contributed by atoms with E-state index in [1.807, 2.05) is 17.8 Å². The lowest BCUT2D eigenvalue weighted by Crippen LogP contribution is -2.21. The van der Waals surface area contributed by atoms with Crippen molar-refractivity contribution in [1.82, 2.24) is 0 Å². The summed E-state index contributed by atoms with van der Waals surface area (Å²) in [6.07, 6.45) is 2.03. The van der Waals surface area contributed by atoms with Gasteiger partial charge in [0.05, 0.1) is 5.69 Å². The quantitative estimate of drug-likeness (QED) is 0.538. The largest absolute Gasteiger partial charge is 0.430 e. The van der Waals surface area contributed by atoms with E-state index in [4.69, 9.17) is 0 Å². The molecule has 2 aromatic carbocycles. The molecule has 0 unspecified atom stereocenters. The Balaban J connectivity index is 1.83. The maximum atomic E-state index is 12.8. The number of carbonyl (C=O) groups excluding carboxylic acids is 1. The van der Waals surface area contributed by atoms with E-state index < -0.39 is 0 Å². The molecule has 2 aliphatic heterocycles. The molecule has 0 radical (unpaired) electrons. The van der Waals surface area contributed by atoms with Gasteiger partial charge < -0.3 is 4.90 Å². The minimum atomic E-state index is 0.123. The fourth-order valence-corrected chi connectivity index (χ4v) is 6.37. The van der Waals surface area contributed by atoms with Gasteiger partial charge in [0, 0.05) is 29.1 Å². The van der Waals surface area contributed by atoms with Crippen LogP contribution >= 0.6 is 35.3 Å². The molecule has 2 aromatic rings. The van der Waals surface area contributed by atoms with E-state index in [-0.39, 0.29) is 5.91 Å². The first-order valence-corrected chi connectivity index (χ1v) is 10.6. The van der Waals surface area contributed by atoms with Crippen LogP contribution in [0.1, 0.15) is 6.92 Å². The molecule has 0 spiro atoms. The summed E-state index contributed by atoms with van der Waals surface area (Å²) in [5.41, 5.74) is 1.20. The molecule has 4 rings (SSSR count). The van der Waals surface area contributed by atoms with Crippen LogP contribution in [0.5, 0.6) is 0 Å². The molecule has 0 bridgehead atoms. The minimum absolute atomic E-state index is 0.123. The first kappa shape index (κ1) is 16.1. The second-order valence-corrected chi connectivity index (χ2v) is 8.63. The number of anilines is 1. The summed E-state index contributed by atoms with van der Waals surface area (Å²) in [6.45, 7) is 2.74. The second-order valence-electron chi connectivity index (χ2n) is 5.55. The van der Waals surface area contributed by atoms with Gasteiger partial charge in [0.2, 0.25) is 0 Å². The molecule has 0 aliphatic carbocycles. The predicted octanol–water partition coefficient (Wildman–Crippen LogP) is 4.58. The van der Waals surface area contributed by atoms with Crippen molar-refractivity contribution < 1.29 is 9.37 Å². The van der Waals surface area contributed by atoms with Gasteiger partial charge in [-0.3, -0.25) is 0 Å². The molecule has 6 heteroatoms. The third-order valence-electron chi connectivity index (χ3n) is 4.24. The van der Waals surface area contributed by atoms with Crippen molar-refractivity contribution in [2.75, 3.05) is 24.7 Å². The Bertz CT molecular complexity index is 933. The number of rotatable bonds is 1. The van der Waals surface area contributed by atoms with Crippen LogP contribution in [0.2, 0.25) is 0 Å². The van der Waals surface area contributed by atoms with Crippen LogP contribution in [0.3, 0.4) is 0 Å². The average Bonchev–Trinajstić information content (AvgIpc) is 3.11. The van der Waals surface area contributed by atoms with E-state index in [9.17, 15) is 4.79 Å². The molecular formula is C18H17N2OS3+.